The first-order chi connectivity index (χ1) is 13.0. The van der Waals surface area contributed by atoms with E-state index in [2.05, 4.69) is 17.3 Å². The van der Waals surface area contributed by atoms with Gasteiger partial charge in [0.2, 0.25) is 11.8 Å². The van der Waals surface area contributed by atoms with Gasteiger partial charge >= 0.3 is 0 Å². The van der Waals surface area contributed by atoms with E-state index in [9.17, 15) is 9.59 Å². The van der Waals surface area contributed by atoms with Crippen LogP contribution in [-0.2, 0) is 16.0 Å². The molecule has 142 valence electrons. The third kappa shape index (κ3) is 5.15. The normalized spacial score (nSPS) is 16.0. The van der Waals surface area contributed by atoms with Gasteiger partial charge < -0.3 is 20.9 Å². The molecule has 0 saturated carbocycles. The molecule has 27 heavy (non-hydrogen) atoms. The summed E-state index contributed by atoms with van der Waals surface area (Å²) in [6.07, 6.45) is 0.332. The summed E-state index contributed by atoms with van der Waals surface area (Å²) in [6.45, 7) is 3.33. The van der Waals surface area contributed by atoms with Gasteiger partial charge in [-0.2, -0.15) is 0 Å². The zero-order valence-electron chi connectivity index (χ0n) is 15.6. The third-order valence-electron chi connectivity index (χ3n) is 4.85. The zero-order valence-corrected chi connectivity index (χ0v) is 15.6. The van der Waals surface area contributed by atoms with Gasteiger partial charge in [0.05, 0.1) is 6.42 Å². The number of hydrogen-bond donors (Lipinski definition) is 2. The quantitative estimate of drug-likeness (QED) is 0.843. The Labute approximate surface area is 159 Å². The first-order valence-corrected chi connectivity index (χ1v) is 9.19. The highest BCUT2D eigenvalue weighted by atomic mass is 16.2. The molecule has 0 radical (unpaired) electrons. The summed E-state index contributed by atoms with van der Waals surface area (Å²) >= 11 is 0. The molecule has 1 saturated heterocycles. The monoisotopic (exact) mass is 366 g/mol. The van der Waals surface area contributed by atoms with E-state index in [1.807, 2.05) is 53.4 Å². The summed E-state index contributed by atoms with van der Waals surface area (Å²) < 4.78 is 0. The van der Waals surface area contributed by atoms with Crippen molar-refractivity contribution in [2.75, 3.05) is 38.5 Å². The Morgan fingerprint density at radius 1 is 1.04 bits per heavy atom. The molecule has 1 fully saturated rings. The number of nitrogens with zero attached hydrogens (tertiary/aromatic N) is 2. The highest BCUT2D eigenvalue weighted by Gasteiger charge is 2.19. The first kappa shape index (κ1) is 19.1. The lowest BCUT2D eigenvalue weighted by atomic mass is 10.1. The van der Waals surface area contributed by atoms with Crippen LogP contribution in [0.3, 0.4) is 0 Å². The second-order valence-corrected chi connectivity index (χ2v) is 6.94. The number of amides is 2. The Hall–Kier alpha value is -2.70. The summed E-state index contributed by atoms with van der Waals surface area (Å²) in [7, 11) is 2.06. The zero-order chi connectivity index (χ0) is 19.2. The highest BCUT2D eigenvalue weighted by molar-refractivity contribution is 5.95. The molecule has 0 aliphatic carbocycles. The summed E-state index contributed by atoms with van der Waals surface area (Å²) in [6, 6.07) is 15.9. The van der Waals surface area contributed by atoms with Crippen molar-refractivity contribution in [1.29, 1.82) is 0 Å². The molecule has 2 aromatic rings. The lowest BCUT2D eigenvalue weighted by Crippen LogP contribution is -2.47. The van der Waals surface area contributed by atoms with Crippen LogP contribution in [0, 0.1) is 0 Å². The minimum atomic E-state index is -0.734. The fourth-order valence-electron chi connectivity index (χ4n) is 3.13. The molecule has 2 aromatic carbocycles. The van der Waals surface area contributed by atoms with Crippen LogP contribution in [0.4, 0.5) is 5.69 Å². The molecular weight excluding hydrogens is 340 g/mol. The van der Waals surface area contributed by atoms with Crippen LogP contribution in [0.1, 0.15) is 17.2 Å². The number of likely N-dealkylation sites (N-methyl/N-ethyl adjacent to an activating group) is 1. The van der Waals surface area contributed by atoms with Gasteiger partial charge in [-0.3, -0.25) is 9.59 Å². The predicted octanol–water partition coefficient (Wildman–Crippen LogP) is 1.64. The number of anilines is 1. The Morgan fingerprint density at radius 2 is 1.74 bits per heavy atom. The Kier molecular flexibility index (Phi) is 6.21. The highest BCUT2D eigenvalue weighted by Crippen LogP contribution is 2.16. The van der Waals surface area contributed by atoms with E-state index in [0.717, 1.165) is 37.3 Å². The number of piperazine rings is 1. The van der Waals surface area contributed by atoms with Gasteiger partial charge in [0.1, 0.15) is 6.04 Å². The summed E-state index contributed by atoms with van der Waals surface area (Å²) in [5.41, 5.74) is 8.33. The second kappa shape index (κ2) is 8.79. The number of nitrogens with one attached hydrogen (secondary N) is 1. The molecule has 0 bridgehead atoms. The molecule has 1 aliphatic heterocycles. The average molecular weight is 366 g/mol. The maximum atomic E-state index is 12.5. The van der Waals surface area contributed by atoms with Gasteiger partial charge in [0.15, 0.2) is 0 Å². The van der Waals surface area contributed by atoms with Crippen LogP contribution in [-0.4, -0.2) is 54.8 Å². The average Bonchev–Trinajstić information content (AvgIpc) is 2.68. The van der Waals surface area contributed by atoms with Gasteiger partial charge in [-0.15, -0.1) is 0 Å². The van der Waals surface area contributed by atoms with Gasteiger partial charge in [0.25, 0.3) is 0 Å². The van der Waals surface area contributed by atoms with Gasteiger partial charge in [-0.1, -0.05) is 42.5 Å². The predicted molar refractivity (Wildman–Crippen MR) is 106 cm³/mol. The smallest absolute Gasteiger partial charge is 0.245 e. The van der Waals surface area contributed by atoms with E-state index in [1.54, 1.807) is 6.07 Å². The van der Waals surface area contributed by atoms with Crippen molar-refractivity contribution in [1.82, 2.24) is 9.80 Å². The number of carbonyl (C=O) groups is 2. The van der Waals surface area contributed by atoms with E-state index in [1.165, 1.54) is 0 Å². The van der Waals surface area contributed by atoms with E-state index in [0.29, 0.717) is 12.1 Å². The van der Waals surface area contributed by atoms with Crippen LogP contribution in [0.15, 0.2) is 54.6 Å². The number of benzene rings is 2. The minimum absolute atomic E-state index is 0.118. The number of nitrogens with two attached hydrogens (primary N) is 1. The van der Waals surface area contributed by atoms with Crippen LogP contribution < -0.4 is 11.1 Å². The molecule has 1 aliphatic rings. The van der Waals surface area contributed by atoms with Crippen LogP contribution >= 0.6 is 0 Å². The van der Waals surface area contributed by atoms with Crippen molar-refractivity contribution in [3.8, 4) is 0 Å². The van der Waals surface area contributed by atoms with Crippen molar-refractivity contribution in [3.63, 3.8) is 0 Å². The van der Waals surface area contributed by atoms with Crippen molar-refractivity contribution >= 4 is 17.5 Å². The number of hydrogen-bond acceptors (Lipinski definition) is 4. The van der Waals surface area contributed by atoms with Crippen molar-refractivity contribution in [2.24, 2.45) is 5.73 Å². The fourth-order valence-corrected chi connectivity index (χ4v) is 3.13. The minimum Gasteiger partial charge on any atom is -0.340 e. The molecule has 2 amide bonds. The van der Waals surface area contributed by atoms with E-state index in [-0.39, 0.29) is 11.8 Å². The molecular formula is C21H26N4O2. The van der Waals surface area contributed by atoms with Crippen LogP contribution in [0.25, 0.3) is 0 Å². The molecule has 6 nitrogen and oxygen atoms in total. The van der Waals surface area contributed by atoms with Crippen LogP contribution in [0.5, 0.6) is 0 Å². The Balaban J connectivity index is 1.60. The van der Waals surface area contributed by atoms with Crippen LogP contribution in [0.2, 0.25) is 0 Å². The second-order valence-electron chi connectivity index (χ2n) is 6.94. The third-order valence-corrected chi connectivity index (χ3v) is 4.85. The van der Waals surface area contributed by atoms with E-state index in [4.69, 9.17) is 5.73 Å². The molecule has 1 unspecified atom stereocenters. The summed E-state index contributed by atoms with van der Waals surface area (Å²) in [4.78, 5) is 29.0. The molecule has 1 heterocycles. The van der Waals surface area contributed by atoms with Gasteiger partial charge in [0, 0.05) is 31.9 Å². The topological polar surface area (TPSA) is 78.7 Å². The maximum absolute atomic E-state index is 12.5. The van der Waals surface area contributed by atoms with Crippen molar-refractivity contribution in [2.45, 2.75) is 12.5 Å². The van der Waals surface area contributed by atoms with E-state index < -0.39 is 6.04 Å². The summed E-state index contributed by atoms with van der Waals surface area (Å²) in [5, 5.41) is 2.84. The Morgan fingerprint density at radius 3 is 2.44 bits per heavy atom. The standard InChI is InChI=1S/C21H26N4O2/c1-24-10-12-25(13-11-24)19(26)15-16-6-5-9-18(14-16)23-21(27)20(22)17-7-3-2-4-8-17/h2-9,14,20H,10-13,15,22H2,1H3,(H,23,27). The Bertz CT molecular complexity index is 786. The maximum Gasteiger partial charge on any atom is 0.245 e. The van der Waals surface area contributed by atoms with Gasteiger partial charge in [-0.25, -0.2) is 0 Å². The number of carbonyl (C=O) groups excluding carboxylic acids is 2. The largest absolute Gasteiger partial charge is 0.340 e. The van der Waals surface area contributed by atoms with Crippen molar-refractivity contribution < 1.29 is 9.59 Å². The molecule has 1 atom stereocenters. The number of rotatable bonds is 5. The molecule has 6 heteroatoms. The summed E-state index contributed by atoms with van der Waals surface area (Å²) in [5.74, 6) is -0.156. The lowest BCUT2D eigenvalue weighted by Gasteiger charge is -2.32. The van der Waals surface area contributed by atoms with Gasteiger partial charge in [-0.05, 0) is 30.3 Å². The van der Waals surface area contributed by atoms with E-state index >= 15 is 0 Å². The SMILES string of the molecule is CN1CCN(C(=O)Cc2cccc(NC(=O)C(N)c3ccccc3)c2)CC1. The fraction of sp³-hybridized carbons (Fsp3) is 0.333. The molecule has 3 rings (SSSR count). The first-order valence-electron chi connectivity index (χ1n) is 9.19. The molecule has 0 aromatic heterocycles. The molecule has 0 spiro atoms. The lowest BCUT2D eigenvalue weighted by molar-refractivity contribution is -0.132. The molecule has 3 N–H and O–H groups in total. The van der Waals surface area contributed by atoms with Crippen molar-refractivity contribution in [3.05, 3.63) is 65.7 Å².